The number of nitrogens with zero attached hydrogens (tertiary/aromatic N) is 3. The summed E-state index contributed by atoms with van der Waals surface area (Å²) < 4.78 is 10.5. The Labute approximate surface area is 188 Å². The Balaban J connectivity index is 1.49. The molecule has 2 aromatic carbocycles. The molecule has 3 aromatic rings. The van der Waals surface area contributed by atoms with Crippen molar-refractivity contribution >= 4 is 6.03 Å². The normalized spacial score (nSPS) is 15.8. The third kappa shape index (κ3) is 5.00. The lowest BCUT2D eigenvalue weighted by atomic mass is 10.1. The molecule has 1 aromatic heterocycles. The first-order chi connectivity index (χ1) is 15.7. The number of nitrogens with one attached hydrogen (secondary N) is 1. The summed E-state index contributed by atoms with van der Waals surface area (Å²) in [6.07, 6.45) is 2.51. The van der Waals surface area contributed by atoms with Crippen LogP contribution in [-0.2, 0) is 13.0 Å². The van der Waals surface area contributed by atoms with Crippen molar-refractivity contribution in [3.63, 3.8) is 0 Å². The number of hydrogen-bond donors (Lipinski definition) is 1. The number of pyridine rings is 1. The van der Waals surface area contributed by atoms with Crippen molar-refractivity contribution in [2.45, 2.75) is 19.0 Å². The minimum Gasteiger partial charge on any atom is -0.497 e. The molecule has 1 N–H and O–H groups in total. The third-order valence-electron chi connectivity index (χ3n) is 5.69. The van der Waals surface area contributed by atoms with Gasteiger partial charge in [-0.25, -0.2) is 10.2 Å². The van der Waals surface area contributed by atoms with Crippen LogP contribution >= 0.6 is 0 Å². The second kappa shape index (κ2) is 10.2. The van der Waals surface area contributed by atoms with Gasteiger partial charge in [-0.3, -0.25) is 9.99 Å². The highest BCUT2D eigenvalue weighted by atomic mass is 16.5. The van der Waals surface area contributed by atoms with Crippen LogP contribution in [0.15, 0.2) is 72.9 Å². The Morgan fingerprint density at radius 2 is 1.66 bits per heavy atom. The smallest absolute Gasteiger partial charge is 0.335 e. The zero-order valence-electron chi connectivity index (χ0n) is 18.4. The van der Waals surface area contributed by atoms with E-state index in [0.29, 0.717) is 19.6 Å². The zero-order chi connectivity index (χ0) is 22.3. The fourth-order valence-electron chi connectivity index (χ4n) is 3.85. The zero-order valence-corrected chi connectivity index (χ0v) is 18.4. The number of benzene rings is 2. The van der Waals surface area contributed by atoms with Gasteiger partial charge < -0.3 is 14.4 Å². The van der Waals surface area contributed by atoms with Gasteiger partial charge in [0.2, 0.25) is 0 Å². The van der Waals surface area contributed by atoms with Crippen molar-refractivity contribution in [1.82, 2.24) is 20.3 Å². The summed E-state index contributed by atoms with van der Waals surface area (Å²) in [6, 6.07) is 21.6. The fraction of sp³-hybridized carbons (Fsp3) is 0.280. The largest absolute Gasteiger partial charge is 0.497 e. The maximum atomic E-state index is 13.3. The van der Waals surface area contributed by atoms with Crippen molar-refractivity contribution < 1.29 is 14.3 Å². The molecule has 0 spiro atoms. The van der Waals surface area contributed by atoms with Crippen molar-refractivity contribution in [3.05, 3.63) is 89.7 Å². The van der Waals surface area contributed by atoms with Gasteiger partial charge in [-0.15, -0.1) is 0 Å². The number of urea groups is 1. The first-order valence-electron chi connectivity index (χ1n) is 10.7. The lowest BCUT2D eigenvalue weighted by molar-refractivity contribution is 0.171. The molecule has 4 rings (SSSR count). The van der Waals surface area contributed by atoms with Gasteiger partial charge in [-0.2, -0.15) is 0 Å². The number of ether oxygens (including phenoxy) is 2. The Hall–Kier alpha value is -3.58. The van der Waals surface area contributed by atoms with Gasteiger partial charge in [0, 0.05) is 12.7 Å². The van der Waals surface area contributed by atoms with Crippen LogP contribution in [0.4, 0.5) is 4.79 Å². The van der Waals surface area contributed by atoms with Gasteiger partial charge in [0.15, 0.2) is 0 Å². The maximum absolute atomic E-state index is 13.3. The Bertz CT molecular complexity index is 1010. The molecule has 1 saturated heterocycles. The molecule has 166 valence electrons. The number of hydrogen-bond acceptors (Lipinski definition) is 5. The maximum Gasteiger partial charge on any atom is 0.335 e. The van der Waals surface area contributed by atoms with E-state index >= 15 is 0 Å². The Kier molecular flexibility index (Phi) is 6.87. The summed E-state index contributed by atoms with van der Waals surface area (Å²) >= 11 is 0. The molecule has 1 atom stereocenters. The lowest BCUT2D eigenvalue weighted by Gasteiger charge is -2.23. The summed E-state index contributed by atoms with van der Waals surface area (Å²) in [5.74, 6) is 1.62. The Morgan fingerprint density at radius 3 is 2.28 bits per heavy atom. The van der Waals surface area contributed by atoms with Crippen LogP contribution in [-0.4, -0.2) is 48.2 Å². The van der Waals surface area contributed by atoms with E-state index in [-0.39, 0.29) is 12.1 Å². The van der Waals surface area contributed by atoms with Gasteiger partial charge in [-0.05, 0) is 53.9 Å². The number of rotatable bonds is 9. The summed E-state index contributed by atoms with van der Waals surface area (Å²) in [4.78, 5) is 19.5. The molecule has 2 amide bonds. The number of carbonyl (C=O) groups excluding carboxylic acids is 1. The minimum atomic E-state index is -0.0529. The van der Waals surface area contributed by atoms with E-state index in [4.69, 9.17) is 9.47 Å². The lowest BCUT2D eigenvalue weighted by Crippen LogP contribution is -2.41. The standard InChI is InChI=1S/C25H28N4O3/c1-31-22-10-6-19(7-11-22)14-16-28-24(20-8-12-23(32-2)13-9-20)18-29(25(28)30)27-17-21-5-3-4-15-26-21/h3-13,15,24,27H,14,16-18H2,1-2H3. The van der Waals surface area contributed by atoms with Gasteiger partial charge in [0.1, 0.15) is 11.5 Å². The number of amides is 2. The molecule has 1 aliphatic rings. The van der Waals surface area contributed by atoms with Crippen LogP contribution in [0.3, 0.4) is 0 Å². The van der Waals surface area contributed by atoms with Crippen LogP contribution in [0.5, 0.6) is 11.5 Å². The number of aromatic nitrogens is 1. The predicted octanol–water partition coefficient (Wildman–Crippen LogP) is 3.83. The quantitative estimate of drug-likeness (QED) is 0.557. The highest BCUT2D eigenvalue weighted by molar-refractivity contribution is 5.77. The van der Waals surface area contributed by atoms with Gasteiger partial charge in [0.25, 0.3) is 0 Å². The van der Waals surface area contributed by atoms with Crippen LogP contribution in [0.1, 0.15) is 22.9 Å². The average molecular weight is 433 g/mol. The summed E-state index contributed by atoms with van der Waals surface area (Å²) in [7, 11) is 3.31. The van der Waals surface area contributed by atoms with Crippen molar-refractivity contribution in [3.8, 4) is 11.5 Å². The third-order valence-corrected chi connectivity index (χ3v) is 5.69. The SMILES string of the molecule is COc1ccc(CCN2C(=O)N(NCc3ccccn3)CC2c2ccc(OC)cc2)cc1. The molecule has 0 saturated carbocycles. The van der Waals surface area contributed by atoms with Crippen molar-refractivity contribution in [1.29, 1.82) is 0 Å². The predicted molar refractivity (Wildman–Crippen MR) is 122 cm³/mol. The highest BCUT2D eigenvalue weighted by Crippen LogP contribution is 2.30. The van der Waals surface area contributed by atoms with Crippen LogP contribution in [0, 0.1) is 0 Å². The summed E-state index contributed by atoms with van der Waals surface area (Å²) in [6.45, 7) is 1.67. The van der Waals surface area contributed by atoms with E-state index in [1.54, 1.807) is 25.4 Å². The monoisotopic (exact) mass is 432 g/mol. The topological polar surface area (TPSA) is 66.9 Å². The number of methoxy groups -OCH3 is 2. The molecule has 7 nitrogen and oxygen atoms in total. The molecular formula is C25H28N4O3. The Morgan fingerprint density at radius 1 is 0.969 bits per heavy atom. The van der Waals surface area contributed by atoms with E-state index in [0.717, 1.165) is 34.7 Å². The van der Waals surface area contributed by atoms with E-state index in [1.807, 2.05) is 71.6 Å². The van der Waals surface area contributed by atoms with E-state index < -0.39 is 0 Å². The molecule has 7 heteroatoms. The fourth-order valence-corrected chi connectivity index (χ4v) is 3.85. The van der Waals surface area contributed by atoms with Crippen molar-refractivity contribution in [2.75, 3.05) is 27.3 Å². The molecule has 32 heavy (non-hydrogen) atoms. The molecular weight excluding hydrogens is 404 g/mol. The van der Waals surface area contributed by atoms with Crippen molar-refractivity contribution in [2.24, 2.45) is 0 Å². The second-order valence-corrected chi connectivity index (χ2v) is 7.63. The molecule has 1 unspecified atom stereocenters. The second-order valence-electron chi connectivity index (χ2n) is 7.63. The average Bonchev–Trinajstić information content (AvgIpc) is 3.17. The van der Waals surface area contributed by atoms with Crippen LogP contribution < -0.4 is 14.9 Å². The van der Waals surface area contributed by atoms with Crippen LogP contribution in [0.2, 0.25) is 0 Å². The molecule has 2 heterocycles. The highest BCUT2D eigenvalue weighted by Gasteiger charge is 2.37. The van der Waals surface area contributed by atoms with E-state index in [2.05, 4.69) is 10.4 Å². The van der Waals surface area contributed by atoms with E-state index in [1.165, 1.54) is 0 Å². The number of hydrazine groups is 1. The van der Waals surface area contributed by atoms with Gasteiger partial charge in [0.05, 0.1) is 39.0 Å². The molecule has 0 radical (unpaired) electrons. The molecule has 0 bridgehead atoms. The number of carbonyl (C=O) groups is 1. The van der Waals surface area contributed by atoms with Gasteiger partial charge in [-0.1, -0.05) is 30.3 Å². The minimum absolute atomic E-state index is 0.0322. The van der Waals surface area contributed by atoms with Gasteiger partial charge >= 0.3 is 6.03 Å². The van der Waals surface area contributed by atoms with Crippen LogP contribution in [0.25, 0.3) is 0 Å². The first-order valence-corrected chi connectivity index (χ1v) is 10.7. The molecule has 1 fully saturated rings. The molecule has 1 aliphatic heterocycles. The summed E-state index contributed by atoms with van der Waals surface area (Å²) in [5, 5.41) is 1.69. The first kappa shape index (κ1) is 21.6. The molecule has 0 aliphatic carbocycles. The van der Waals surface area contributed by atoms with E-state index in [9.17, 15) is 4.79 Å². The summed E-state index contributed by atoms with van der Waals surface area (Å²) in [5.41, 5.74) is 6.38.